The van der Waals surface area contributed by atoms with Crippen molar-refractivity contribution in [2.45, 2.75) is 13.1 Å². The zero-order valence-electron chi connectivity index (χ0n) is 13.9. The fraction of sp³-hybridized carbons (Fsp3) is 0.278. The van der Waals surface area contributed by atoms with Gasteiger partial charge in [-0.2, -0.15) is 4.98 Å². The lowest BCUT2D eigenvalue weighted by atomic mass is 10.2. The largest absolute Gasteiger partial charge is 0.486 e. The van der Waals surface area contributed by atoms with Crippen LogP contribution < -0.4 is 9.47 Å². The summed E-state index contributed by atoms with van der Waals surface area (Å²) >= 11 is 0. The molecule has 4 rings (SSSR count). The first-order chi connectivity index (χ1) is 12.3. The Kier molecular flexibility index (Phi) is 4.30. The van der Waals surface area contributed by atoms with Crippen LogP contribution in [0.5, 0.6) is 11.5 Å². The highest BCUT2D eigenvalue weighted by Crippen LogP contribution is 2.31. The van der Waals surface area contributed by atoms with Crippen LogP contribution in [0.4, 0.5) is 0 Å². The van der Waals surface area contributed by atoms with Crippen LogP contribution in [-0.2, 0) is 13.1 Å². The molecule has 0 aliphatic carbocycles. The minimum atomic E-state index is 0.552. The highest BCUT2D eigenvalue weighted by Gasteiger charge is 2.14. The van der Waals surface area contributed by atoms with E-state index in [1.807, 2.05) is 37.4 Å². The standard InChI is InChI=1S/C18H18N4O3/c1-22(11-13-4-5-15-16(9-13)24-8-7-23-15)12-17-20-18(21-25-17)14-3-2-6-19-10-14/h2-6,9-10H,7-8,11-12H2,1H3. The van der Waals surface area contributed by atoms with Crippen LogP contribution in [0, 0.1) is 0 Å². The van der Waals surface area contributed by atoms with Crippen molar-refractivity contribution in [3.05, 3.63) is 54.2 Å². The molecule has 7 heteroatoms. The van der Waals surface area contributed by atoms with Crippen LogP contribution in [0.3, 0.4) is 0 Å². The summed E-state index contributed by atoms with van der Waals surface area (Å²) in [6.45, 7) is 2.48. The molecule has 0 atom stereocenters. The Morgan fingerprint density at radius 2 is 1.96 bits per heavy atom. The summed E-state index contributed by atoms with van der Waals surface area (Å²) in [4.78, 5) is 10.6. The smallest absolute Gasteiger partial charge is 0.241 e. The average Bonchev–Trinajstić information content (AvgIpc) is 3.10. The molecule has 0 unspecified atom stereocenters. The van der Waals surface area contributed by atoms with Gasteiger partial charge in [0.2, 0.25) is 11.7 Å². The summed E-state index contributed by atoms with van der Waals surface area (Å²) in [6, 6.07) is 9.75. The molecule has 3 heterocycles. The van der Waals surface area contributed by atoms with E-state index in [0.29, 0.717) is 31.5 Å². The fourth-order valence-corrected chi connectivity index (χ4v) is 2.72. The van der Waals surface area contributed by atoms with Gasteiger partial charge in [0.25, 0.3) is 0 Å². The van der Waals surface area contributed by atoms with E-state index in [1.165, 1.54) is 0 Å². The minimum Gasteiger partial charge on any atom is -0.486 e. The van der Waals surface area contributed by atoms with E-state index in [-0.39, 0.29) is 0 Å². The van der Waals surface area contributed by atoms with Crippen LogP contribution in [0.1, 0.15) is 11.5 Å². The van der Waals surface area contributed by atoms with Crippen molar-refractivity contribution >= 4 is 0 Å². The van der Waals surface area contributed by atoms with Gasteiger partial charge >= 0.3 is 0 Å². The summed E-state index contributed by atoms with van der Waals surface area (Å²) in [5, 5.41) is 4.01. The van der Waals surface area contributed by atoms with E-state index in [2.05, 4.69) is 20.0 Å². The number of ether oxygens (including phenoxy) is 2. The van der Waals surface area contributed by atoms with Gasteiger partial charge in [0.15, 0.2) is 11.5 Å². The summed E-state index contributed by atoms with van der Waals surface area (Å²) in [7, 11) is 2.00. The van der Waals surface area contributed by atoms with Crippen molar-refractivity contribution < 1.29 is 14.0 Å². The van der Waals surface area contributed by atoms with Crippen LogP contribution in [0.2, 0.25) is 0 Å². The fourth-order valence-electron chi connectivity index (χ4n) is 2.72. The maximum Gasteiger partial charge on any atom is 0.241 e. The van der Waals surface area contributed by atoms with Crippen molar-refractivity contribution in [3.8, 4) is 22.9 Å². The molecule has 25 heavy (non-hydrogen) atoms. The number of hydrogen-bond donors (Lipinski definition) is 0. The molecule has 0 saturated heterocycles. The number of rotatable bonds is 5. The summed E-state index contributed by atoms with van der Waals surface area (Å²) < 4.78 is 16.5. The van der Waals surface area contributed by atoms with Gasteiger partial charge in [-0.05, 0) is 36.9 Å². The molecule has 0 spiro atoms. The molecule has 7 nitrogen and oxygen atoms in total. The molecule has 0 radical (unpaired) electrons. The van der Waals surface area contributed by atoms with Crippen molar-refractivity contribution in [1.82, 2.24) is 20.0 Å². The van der Waals surface area contributed by atoms with Crippen LogP contribution in [0.25, 0.3) is 11.4 Å². The van der Waals surface area contributed by atoms with Gasteiger partial charge in [-0.25, -0.2) is 0 Å². The summed E-state index contributed by atoms with van der Waals surface area (Å²) in [6.07, 6.45) is 3.43. The lowest BCUT2D eigenvalue weighted by Gasteiger charge is -2.20. The van der Waals surface area contributed by atoms with Gasteiger partial charge in [0, 0.05) is 24.5 Å². The van der Waals surface area contributed by atoms with Gasteiger partial charge in [0.1, 0.15) is 13.2 Å². The van der Waals surface area contributed by atoms with Gasteiger partial charge in [-0.3, -0.25) is 9.88 Å². The van der Waals surface area contributed by atoms with Crippen LogP contribution in [0.15, 0.2) is 47.2 Å². The van der Waals surface area contributed by atoms with Gasteiger partial charge in [-0.1, -0.05) is 11.2 Å². The van der Waals surface area contributed by atoms with E-state index in [1.54, 1.807) is 12.4 Å². The average molecular weight is 338 g/mol. The second-order valence-corrected chi connectivity index (χ2v) is 5.90. The molecular weight excluding hydrogens is 320 g/mol. The molecule has 0 fully saturated rings. The zero-order valence-corrected chi connectivity index (χ0v) is 13.9. The molecule has 128 valence electrons. The second kappa shape index (κ2) is 6.90. The van der Waals surface area contributed by atoms with Crippen molar-refractivity contribution in [2.24, 2.45) is 0 Å². The molecule has 1 aliphatic rings. The van der Waals surface area contributed by atoms with Crippen LogP contribution >= 0.6 is 0 Å². The van der Waals surface area contributed by atoms with E-state index >= 15 is 0 Å². The Hall–Kier alpha value is -2.93. The number of benzene rings is 1. The van der Waals surface area contributed by atoms with E-state index in [4.69, 9.17) is 14.0 Å². The third-order valence-electron chi connectivity index (χ3n) is 3.85. The van der Waals surface area contributed by atoms with E-state index in [0.717, 1.165) is 29.2 Å². The Bertz CT molecular complexity index is 851. The number of pyridine rings is 1. The highest BCUT2D eigenvalue weighted by atomic mass is 16.6. The minimum absolute atomic E-state index is 0.552. The Morgan fingerprint density at radius 1 is 1.08 bits per heavy atom. The van der Waals surface area contributed by atoms with Crippen LogP contribution in [-0.4, -0.2) is 40.3 Å². The summed E-state index contributed by atoms with van der Waals surface area (Å²) in [5.74, 6) is 2.72. The van der Waals surface area contributed by atoms with Gasteiger partial charge in [0.05, 0.1) is 6.54 Å². The lowest BCUT2D eigenvalue weighted by Crippen LogP contribution is -2.18. The number of aromatic nitrogens is 3. The summed E-state index contributed by atoms with van der Waals surface area (Å²) in [5.41, 5.74) is 1.98. The van der Waals surface area contributed by atoms with E-state index in [9.17, 15) is 0 Å². The normalized spacial score (nSPS) is 13.2. The second-order valence-electron chi connectivity index (χ2n) is 5.90. The van der Waals surface area contributed by atoms with Crippen molar-refractivity contribution in [1.29, 1.82) is 0 Å². The highest BCUT2D eigenvalue weighted by molar-refractivity contribution is 5.51. The monoisotopic (exact) mass is 338 g/mol. The Balaban J connectivity index is 1.41. The van der Waals surface area contributed by atoms with Gasteiger partial charge in [-0.15, -0.1) is 0 Å². The Labute approximate surface area is 145 Å². The van der Waals surface area contributed by atoms with Crippen molar-refractivity contribution in [3.63, 3.8) is 0 Å². The molecule has 1 aliphatic heterocycles. The predicted octanol–water partition coefficient (Wildman–Crippen LogP) is 2.53. The molecule has 1 aromatic carbocycles. The lowest BCUT2D eigenvalue weighted by molar-refractivity contribution is 0.171. The first-order valence-electron chi connectivity index (χ1n) is 8.08. The molecule has 0 amide bonds. The maximum absolute atomic E-state index is 5.63. The van der Waals surface area contributed by atoms with Gasteiger partial charge < -0.3 is 14.0 Å². The number of fused-ring (bicyclic) bond motifs is 1. The third kappa shape index (κ3) is 3.61. The predicted molar refractivity (Wildman–Crippen MR) is 90.1 cm³/mol. The molecule has 3 aromatic rings. The first-order valence-corrected chi connectivity index (χ1v) is 8.08. The number of nitrogens with zero attached hydrogens (tertiary/aromatic N) is 4. The number of hydrogen-bond acceptors (Lipinski definition) is 7. The molecule has 2 aromatic heterocycles. The van der Waals surface area contributed by atoms with E-state index < -0.39 is 0 Å². The Morgan fingerprint density at radius 3 is 2.80 bits per heavy atom. The SMILES string of the molecule is CN(Cc1ccc2c(c1)OCCO2)Cc1nc(-c2cccnc2)no1. The van der Waals surface area contributed by atoms with Crippen molar-refractivity contribution in [2.75, 3.05) is 20.3 Å². The molecular formula is C18H18N4O3. The topological polar surface area (TPSA) is 73.5 Å². The molecule has 0 saturated carbocycles. The zero-order chi connectivity index (χ0) is 17.1. The first kappa shape index (κ1) is 15.6. The molecule has 0 bridgehead atoms. The molecule has 0 N–H and O–H groups in total. The maximum atomic E-state index is 5.63. The third-order valence-corrected chi connectivity index (χ3v) is 3.85. The quantitative estimate of drug-likeness (QED) is 0.708.